The van der Waals surface area contributed by atoms with Crippen LogP contribution < -0.4 is 15.6 Å². The van der Waals surface area contributed by atoms with E-state index in [9.17, 15) is 9.59 Å². The number of hydrazine groups is 1. The summed E-state index contributed by atoms with van der Waals surface area (Å²) in [6, 6.07) is 14.8. The van der Waals surface area contributed by atoms with Crippen molar-refractivity contribution < 1.29 is 19.1 Å². The molecule has 0 aliphatic rings. The molecule has 3 rings (SSSR count). The van der Waals surface area contributed by atoms with Gasteiger partial charge in [-0.2, -0.15) is 0 Å². The molecular formula is C20H20BrN3O4. The Kier molecular flexibility index (Phi) is 6.67. The van der Waals surface area contributed by atoms with Crippen LogP contribution in [0.2, 0.25) is 0 Å². The van der Waals surface area contributed by atoms with E-state index in [1.54, 1.807) is 25.3 Å². The maximum Gasteiger partial charge on any atom is 0.273 e. The molecule has 2 N–H and O–H groups in total. The van der Waals surface area contributed by atoms with Crippen LogP contribution in [0.1, 0.15) is 10.4 Å². The molecule has 1 heterocycles. The third-order valence-electron chi connectivity index (χ3n) is 4.04. The van der Waals surface area contributed by atoms with Crippen molar-refractivity contribution in [1.29, 1.82) is 0 Å². The minimum atomic E-state index is -0.473. The number of nitrogens with one attached hydrogen (secondary N) is 2. The van der Waals surface area contributed by atoms with Crippen molar-refractivity contribution in [3.63, 3.8) is 0 Å². The van der Waals surface area contributed by atoms with Crippen LogP contribution in [0.25, 0.3) is 10.9 Å². The fraction of sp³-hybridized carbons (Fsp3) is 0.200. The largest absolute Gasteiger partial charge is 0.490 e. The standard InChI is InChI=1S/C20H20BrN3O4/c1-27-10-11-28-18-7-6-15(21)12-16(18)20(26)23-22-19(25)13-24-9-8-14-4-2-3-5-17(14)24/h2-9,12H,10-11,13H2,1H3,(H,22,25)(H,23,26). The number of aromatic nitrogens is 1. The van der Waals surface area contributed by atoms with E-state index in [1.807, 2.05) is 41.1 Å². The third kappa shape index (κ3) is 4.90. The fourth-order valence-electron chi connectivity index (χ4n) is 2.71. The number of nitrogens with zero attached hydrogens (tertiary/aromatic N) is 1. The van der Waals surface area contributed by atoms with Crippen molar-refractivity contribution in [2.24, 2.45) is 0 Å². The summed E-state index contributed by atoms with van der Waals surface area (Å²) in [5.41, 5.74) is 6.13. The monoisotopic (exact) mass is 445 g/mol. The first-order valence-corrected chi connectivity index (χ1v) is 9.42. The zero-order chi connectivity index (χ0) is 19.9. The van der Waals surface area contributed by atoms with Crippen molar-refractivity contribution in [1.82, 2.24) is 15.4 Å². The van der Waals surface area contributed by atoms with Crippen LogP contribution in [-0.4, -0.2) is 36.7 Å². The van der Waals surface area contributed by atoms with Crippen LogP contribution in [0.3, 0.4) is 0 Å². The Hall–Kier alpha value is -2.84. The van der Waals surface area contributed by atoms with E-state index in [2.05, 4.69) is 26.8 Å². The Balaban J connectivity index is 1.62. The van der Waals surface area contributed by atoms with Crippen LogP contribution in [0.15, 0.2) is 59.2 Å². The lowest BCUT2D eigenvalue weighted by molar-refractivity contribution is -0.122. The van der Waals surface area contributed by atoms with Gasteiger partial charge in [0.1, 0.15) is 18.9 Å². The number of carbonyl (C=O) groups excluding carboxylic acids is 2. The topological polar surface area (TPSA) is 81.6 Å². The van der Waals surface area contributed by atoms with E-state index in [4.69, 9.17) is 9.47 Å². The molecule has 2 aromatic carbocycles. The van der Waals surface area contributed by atoms with Gasteiger partial charge in [0.05, 0.1) is 12.2 Å². The second-order valence-corrected chi connectivity index (χ2v) is 6.90. The molecule has 0 fully saturated rings. The number of methoxy groups -OCH3 is 1. The summed E-state index contributed by atoms with van der Waals surface area (Å²) >= 11 is 3.34. The number of para-hydroxylation sites is 1. The molecule has 0 bridgehead atoms. The molecule has 0 saturated heterocycles. The first kappa shape index (κ1) is 19.9. The van der Waals surface area contributed by atoms with Gasteiger partial charge >= 0.3 is 0 Å². The highest BCUT2D eigenvalue weighted by atomic mass is 79.9. The van der Waals surface area contributed by atoms with Crippen LogP contribution in [0, 0.1) is 0 Å². The quantitative estimate of drug-likeness (QED) is 0.432. The third-order valence-corrected chi connectivity index (χ3v) is 4.53. The summed E-state index contributed by atoms with van der Waals surface area (Å²) < 4.78 is 13.1. The zero-order valence-corrected chi connectivity index (χ0v) is 16.9. The van der Waals surface area contributed by atoms with Gasteiger partial charge in [0, 0.05) is 23.3 Å². The van der Waals surface area contributed by atoms with Crippen molar-refractivity contribution >= 4 is 38.6 Å². The van der Waals surface area contributed by atoms with Gasteiger partial charge < -0.3 is 14.0 Å². The minimum absolute atomic E-state index is 0.0868. The minimum Gasteiger partial charge on any atom is -0.490 e. The SMILES string of the molecule is COCCOc1ccc(Br)cc1C(=O)NNC(=O)Cn1ccc2ccccc21. The molecule has 3 aromatic rings. The molecule has 146 valence electrons. The number of carbonyl (C=O) groups is 2. The number of ether oxygens (including phenoxy) is 2. The Morgan fingerprint density at radius 3 is 2.71 bits per heavy atom. The fourth-order valence-corrected chi connectivity index (χ4v) is 3.07. The van der Waals surface area contributed by atoms with E-state index in [0.717, 1.165) is 15.4 Å². The molecule has 7 nitrogen and oxygen atoms in total. The number of hydrogen-bond donors (Lipinski definition) is 2. The summed E-state index contributed by atoms with van der Waals surface area (Å²) in [5.74, 6) is -0.408. The van der Waals surface area contributed by atoms with Crippen LogP contribution in [0.5, 0.6) is 5.75 Å². The molecule has 28 heavy (non-hydrogen) atoms. The maximum absolute atomic E-state index is 12.5. The second kappa shape index (κ2) is 9.38. The average Bonchev–Trinajstić information content (AvgIpc) is 3.10. The number of amides is 2. The van der Waals surface area contributed by atoms with Gasteiger partial charge in [-0.15, -0.1) is 0 Å². The Bertz CT molecular complexity index is 986. The van der Waals surface area contributed by atoms with Gasteiger partial charge in [0.15, 0.2) is 0 Å². The van der Waals surface area contributed by atoms with Gasteiger partial charge in [-0.05, 0) is 35.7 Å². The van der Waals surface area contributed by atoms with Crippen LogP contribution in [-0.2, 0) is 16.1 Å². The molecule has 0 aliphatic heterocycles. The molecule has 0 saturated carbocycles. The second-order valence-electron chi connectivity index (χ2n) is 5.99. The van der Waals surface area contributed by atoms with E-state index in [-0.39, 0.29) is 12.5 Å². The Morgan fingerprint density at radius 1 is 1.07 bits per heavy atom. The highest BCUT2D eigenvalue weighted by molar-refractivity contribution is 9.10. The van der Waals surface area contributed by atoms with E-state index >= 15 is 0 Å². The van der Waals surface area contributed by atoms with Crippen molar-refractivity contribution in [3.8, 4) is 5.75 Å². The molecule has 8 heteroatoms. The Labute approximate surface area is 170 Å². The van der Waals surface area contributed by atoms with E-state index < -0.39 is 5.91 Å². The van der Waals surface area contributed by atoms with Gasteiger partial charge in [0.25, 0.3) is 11.8 Å². The highest BCUT2D eigenvalue weighted by Crippen LogP contribution is 2.23. The molecule has 0 aliphatic carbocycles. The number of fused-ring (bicyclic) bond motifs is 1. The summed E-state index contributed by atoms with van der Waals surface area (Å²) in [5, 5.41) is 1.05. The van der Waals surface area contributed by atoms with E-state index in [0.29, 0.717) is 24.5 Å². The average molecular weight is 446 g/mol. The first-order valence-electron chi connectivity index (χ1n) is 8.63. The molecule has 0 spiro atoms. The molecule has 0 atom stereocenters. The summed E-state index contributed by atoms with van der Waals surface area (Å²) in [6.45, 7) is 0.799. The number of halogens is 1. The number of benzene rings is 2. The lowest BCUT2D eigenvalue weighted by Gasteiger charge is -2.13. The Morgan fingerprint density at radius 2 is 1.89 bits per heavy atom. The van der Waals surface area contributed by atoms with Gasteiger partial charge in [-0.25, -0.2) is 0 Å². The molecule has 0 radical (unpaired) electrons. The molecule has 1 aromatic heterocycles. The normalized spacial score (nSPS) is 10.6. The van der Waals surface area contributed by atoms with Crippen LogP contribution in [0.4, 0.5) is 0 Å². The summed E-state index contributed by atoms with van der Waals surface area (Å²) in [6.07, 6.45) is 1.84. The predicted molar refractivity (Wildman–Crippen MR) is 109 cm³/mol. The predicted octanol–water partition coefficient (Wildman–Crippen LogP) is 2.89. The lowest BCUT2D eigenvalue weighted by Crippen LogP contribution is -2.43. The van der Waals surface area contributed by atoms with Crippen molar-refractivity contribution in [3.05, 3.63) is 64.8 Å². The van der Waals surface area contributed by atoms with Crippen molar-refractivity contribution in [2.45, 2.75) is 6.54 Å². The first-order chi connectivity index (χ1) is 13.6. The lowest BCUT2D eigenvalue weighted by atomic mass is 10.2. The molecular weight excluding hydrogens is 426 g/mol. The molecule has 0 unspecified atom stereocenters. The number of rotatable bonds is 7. The smallest absolute Gasteiger partial charge is 0.273 e. The summed E-state index contributed by atoms with van der Waals surface area (Å²) in [4.78, 5) is 24.8. The molecule has 2 amide bonds. The van der Waals surface area contributed by atoms with Crippen LogP contribution >= 0.6 is 15.9 Å². The maximum atomic E-state index is 12.5. The van der Waals surface area contributed by atoms with E-state index in [1.165, 1.54) is 0 Å². The number of hydrogen-bond acceptors (Lipinski definition) is 4. The van der Waals surface area contributed by atoms with Gasteiger partial charge in [-0.1, -0.05) is 34.1 Å². The van der Waals surface area contributed by atoms with Crippen molar-refractivity contribution in [2.75, 3.05) is 20.3 Å². The van der Waals surface area contributed by atoms with Gasteiger partial charge in [-0.3, -0.25) is 20.4 Å². The highest BCUT2D eigenvalue weighted by Gasteiger charge is 2.15. The zero-order valence-electron chi connectivity index (χ0n) is 15.3. The van der Waals surface area contributed by atoms with Gasteiger partial charge in [0.2, 0.25) is 0 Å². The summed E-state index contributed by atoms with van der Waals surface area (Å²) in [7, 11) is 1.57.